The van der Waals surface area contributed by atoms with E-state index in [9.17, 15) is 18.0 Å². The Morgan fingerprint density at radius 1 is 1.07 bits per heavy atom. The number of pyridine rings is 1. The summed E-state index contributed by atoms with van der Waals surface area (Å²) in [4.78, 5) is 20.3. The summed E-state index contributed by atoms with van der Waals surface area (Å²) in [6, 6.07) is 2.35. The van der Waals surface area contributed by atoms with Crippen LogP contribution in [-0.4, -0.2) is 22.5 Å². The second-order valence-corrected chi connectivity index (χ2v) is 7.16. The highest BCUT2D eigenvalue weighted by Crippen LogP contribution is 2.30. The maximum absolute atomic E-state index is 13.9. The molecule has 0 saturated heterocycles. The van der Waals surface area contributed by atoms with Gasteiger partial charge in [-0.05, 0) is 31.9 Å². The molecule has 3 rings (SSSR count). The molecule has 0 fully saturated rings. The molecule has 0 saturated carbocycles. The van der Waals surface area contributed by atoms with Crippen molar-refractivity contribution in [1.29, 1.82) is 0 Å². The van der Waals surface area contributed by atoms with Crippen molar-refractivity contribution in [2.75, 3.05) is 6.61 Å². The molecular formula is C19H18ClF3N2O2S. The molecule has 0 bridgehead atoms. The number of rotatable bonds is 5. The van der Waals surface area contributed by atoms with Crippen LogP contribution < -0.4 is 0 Å². The van der Waals surface area contributed by atoms with Crippen LogP contribution in [0.2, 0.25) is 0 Å². The number of hydrogen-bond donors (Lipinski definition) is 0. The van der Waals surface area contributed by atoms with Crippen molar-refractivity contribution in [3.63, 3.8) is 0 Å². The van der Waals surface area contributed by atoms with E-state index >= 15 is 0 Å². The second kappa shape index (κ2) is 8.87. The molecule has 0 aliphatic heterocycles. The van der Waals surface area contributed by atoms with Crippen LogP contribution >= 0.6 is 23.7 Å². The third kappa shape index (κ3) is 4.44. The minimum atomic E-state index is -1.26. The lowest BCUT2D eigenvalue weighted by Crippen LogP contribution is -2.10. The molecule has 150 valence electrons. The monoisotopic (exact) mass is 430 g/mol. The average molecular weight is 431 g/mol. The lowest BCUT2D eigenvalue weighted by Gasteiger charge is -2.10. The number of benzene rings is 1. The van der Waals surface area contributed by atoms with Crippen molar-refractivity contribution in [1.82, 2.24) is 9.97 Å². The highest BCUT2D eigenvalue weighted by Gasteiger charge is 2.18. The van der Waals surface area contributed by atoms with Gasteiger partial charge in [0.05, 0.1) is 22.7 Å². The van der Waals surface area contributed by atoms with E-state index < -0.39 is 17.5 Å². The Hall–Kier alpha value is -2.19. The van der Waals surface area contributed by atoms with Crippen LogP contribution in [0.15, 0.2) is 12.1 Å². The Kier molecular flexibility index (Phi) is 7.01. The number of halogens is 4. The molecule has 0 atom stereocenters. The van der Waals surface area contributed by atoms with Gasteiger partial charge >= 0.3 is 5.97 Å². The highest BCUT2D eigenvalue weighted by molar-refractivity contribution is 7.18. The number of aromatic nitrogens is 2. The van der Waals surface area contributed by atoms with Gasteiger partial charge in [-0.3, -0.25) is 9.78 Å². The number of hydrogen-bond acceptors (Lipinski definition) is 5. The third-order valence-corrected chi connectivity index (χ3v) is 5.22. The quantitative estimate of drug-likeness (QED) is 0.429. The molecule has 2 heterocycles. The van der Waals surface area contributed by atoms with Crippen molar-refractivity contribution in [3.05, 3.63) is 57.1 Å². The maximum Gasteiger partial charge on any atom is 0.310 e. The summed E-state index contributed by atoms with van der Waals surface area (Å²) in [6.45, 7) is 5.64. The minimum absolute atomic E-state index is 0. The van der Waals surface area contributed by atoms with Crippen LogP contribution in [0.25, 0.3) is 10.2 Å². The van der Waals surface area contributed by atoms with Crippen molar-refractivity contribution in [2.45, 2.75) is 33.6 Å². The van der Waals surface area contributed by atoms with E-state index in [1.807, 2.05) is 13.0 Å². The van der Waals surface area contributed by atoms with Crippen molar-refractivity contribution >= 4 is 39.9 Å². The molecule has 0 radical (unpaired) electrons. The Morgan fingerprint density at radius 3 is 2.43 bits per heavy atom. The summed E-state index contributed by atoms with van der Waals surface area (Å²) in [6.07, 6.45) is 0.364. The van der Waals surface area contributed by atoms with Gasteiger partial charge in [0, 0.05) is 23.9 Å². The summed E-state index contributed by atoms with van der Waals surface area (Å²) in [5.74, 6) is -3.61. The van der Waals surface area contributed by atoms with Crippen molar-refractivity contribution in [2.24, 2.45) is 0 Å². The van der Waals surface area contributed by atoms with Crippen LogP contribution in [0.1, 0.15) is 34.4 Å². The van der Waals surface area contributed by atoms with Gasteiger partial charge in [-0.25, -0.2) is 18.2 Å². The Balaban J connectivity index is 0.00000280. The molecule has 28 heavy (non-hydrogen) atoms. The Morgan fingerprint density at radius 2 is 1.75 bits per heavy atom. The molecule has 0 aliphatic carbocycles. The van der Waals surface area contributed by atoms with Crippen LogP contribution in [0.5, 0.6) is 0 Å². The molecular weight excluding hydrogens is 413 g/mol. The number of thiazole rings is 1. The number of aryl methyl sites for hydroxylation is 2. The zero-order chi connectivity index (χ0) is 19.7. The molecule has 0 spiro atoms. The lowest BCUT2D eigenvalue weighted by atomic mass is 10.0. The minimum Gasteiger partial charge on any atom is -0.466 e. The van der Waals surface area contributed by atoms with Gasteiger partial charge < -0.3 is 4.74 Å². The van der Waals surface area contributed by atoms with E-state index in [1.165, 1.54) is 0 Å². The van der Waals surface area contributed by atoms with E-state index in [2.05, 4.69) is 9.97 Å². The van der Waals surface area contributed by atoms with Crippen molar-refractivity contribution < 1.29 is 22.7 Å². The second-order valence-electron chi connectivity index (χ2n) is 6.08. The number of esters is 1. The highest BCUT2D eigenvalue weighted by atomic mass is 35.5. The molecule has 0 N–H and O–H groups in total. The molecule has 9 heteroatoms. The molecule has 3 aromatic rings. The van der Waals surface area contributed by atoms with E-state index in [0.29, 0.717) is 23.4 Å². The van der Waals surface area contributed by atoms with Gasteiger partial charge in [0.15, 0.2) is 11.6 Å². The zero-order valence-corrected chi connectivity index (χ0v) is 17.1. The first-order chi connectivity index (χ1) is 12.8. The SMILES string of the molecule is CCOC(=O)Cc1cc(Cc2nc3c(F)c(F)cc(F)c3s2)c(C)nc1C.Cl. The molecule has 2 aromatic heterocycles. The van der Waals surface area contributed by atoms with E-state index in [4.69, 9.17) is 4.74 Å². The smallest absolute Gasteiger partial charge is 0.310 e. The summed E-state index contributed by atoms with van der Waals surface area (Å²) in [5.41, 5.74) is 2.63. The molecule has 0 amide bonds. The fraction of sp³-hybridized carbons (Fsp3) is 0.316. The van der Waals surface area contributed by atoms with Gasteiger partial charge in [0.25, 0.3) is 0 Å². The topological polar surface area (TPSA) is 52.1 Å². The largest absolute Gasteiger partial charge is 0.466 e. The Bertz CT molecular complexity index is 1040. The normalized spacial score (nSPS) is 10.8. The van der Waals surface area contributed by atoms with Crippen molar-refractivity contribution in [3.8, 4) is 0 Å². The van der Waals surface area contributed by atoms with Gasteiger partial charge in [-0.1, -0.05) is 6.07 Å². The van der Waals surface area contributed by atoms with Gasteiger partial charge in [-0.2, -0.15) is 0 Å². The number of carbonyl (C=O) groups is 1. The summed E-state index contributed by atoms with van der Waals surface area (Å²) < 4.78 is 46.1. The van der Waals surface area contributed by atoms with Crippen LogP contribution in [-0.2, 0) is 22.4 Å². The van der Waals surface area contributed by atoms with Crippen LogP contribution in [0.4, 0.5) is 13.2 Å². The lowest BCUT2D eigenvalue weighted by molar-refractivity contribution is -0.142. The summed E-state index contributed by atoms with van der Waals surface area (Å²) in [5, 5.41) is 0.434. The fourth-order valence-electron chi connectivity index (χ4n) is 2.81. The maximum atomic E-state index is 13.9. The predicted molar refractivity (Wildman–Crippen MR) is 104 cm³/mol. The van der Waals surface area contributed by atoms with Gasteiger partial charge in [-0.15, -0.1) is 23.7 Å². The van der Waals surface area contributed by atoms with Gasteiger partial charge in [0.2, 0.25) is 0 Å². The Labute approximate surface area is 170 Å². The first-order valence-electron chi connectivity index (χ1n) is 8.34. The molecule has 0 aliphatic rings. The molecule has 1 aromatic carbocycles. The first-order valence-corrected chi connectivity index (χ1v) is 9.16. The summed E-state index contributed by atoms with van der Waals surface area (Å²) in [7, 11) is 0. The number of nitrogens with zero attached hydrogens (tertiary/aromatic N) is 2. The van der Waals surface area contributed by atoms with E-state index in [0.717, 1.165) is 28.2 Å². The van der Waals surface area contributed by atoms with Crippen LogP contribution in [0, 0.1) is 31.3 Å². The first kappa shape index (κ1) is 22.1. The van der Waals surface area contributed by atoms with Crippen LogP contribution in [0.3, 0.4) is 0 Å². The number of ether oxygens (including phenoxy) is 1. The zero-order valence-electron chi connectivity index (χ0n) is 15.4. The number of fused-ring (bicyclic) bond motifs is 1. The summed E-state index contributed by atoms with van der Waals surface area (Å²) >= 11 is 0.970. The molecule has 0 unspecified atom stereocenters. The average Bonchev–Trinajstić information content (AvgIpc) is 3.02. The van der Waals surface area contributed by atoms with E-state index in [-0.39, 0.29) is 41.4 Å². The van der Waals surface area contributed by atoms with Gasteiger partial charge in [0.1, 0.15) is 11.3 Å². The fourth-order valence-corrected chi connectivity index (χ4v) is 3.80. The molecule has 4 nitrogen and oxygen atoms in total. The predicted octanol–water partition coefficient (Wildman–Crippen LogP) is 4.84. The third-order valence-electron chi connectivity index (χ3n) is 4.15. The number of carbonyl (C=O) groups excluding carboxylic acids is 1. The standard InChI is InChI=1S/C19H17F3N2O2S.ClH/c1-4-26-16(25)7-12-5-11(9(2)23-10(12)3)6-15-24-18-17(22)13(20)8-14(21)19(18)27-15;/h5,8H,4,6-7H2,1-3H3;1H. The van der Waals surface area contributed by atoms with E-state index in [1.54, 1.807) is 13.8 Å².